The Balaban J connectivity index is 2.19. The van der Waals surface area contributed by atoms with Gasteiger partial charge in [0.1, 0.15) is 4.32 Å². The number of nitrogens with one attached hydrogen (secondary N) is 2. The lowest BCUT2D eigenvalue weighted by Gasteiger charge is -2.07. The summed E-state index contributed by atoms with van der Waals surface area (Å²) in [5, 5.41) is 14.6. The van der Waals surface area contributed by atoms with Gasteiger partial charge < -0.3 is 10.4 Å². The van der Waals surface area contributed by atoms with Gasteiger partial charge in [-0.25, -0.2) is 0 Å². The molecular weight excluding hydrogens is 228 g/mol. The van der Waals surface area contributed by atoms with Gasteiger partial charge in [-0.05, 0) is 12.1 Å². The molecule has 0 unspecified atom stereocenters. The van der Waals surface area contributed by atoms with Crippen LogP contribution in [-0.4, -0.2) is 29.2 Å². The predicted molar refractivity (Wildman–Crippen MR) is 68.0 cm³/mol. The van der Waals surface area contributed by atoms with E-state index >= 15 is 0 Å². The molecule has 1 rings (SSSR count). The molecule has 82 valence electrons. The second kappa shape index (κ2) is 7.64. The van der Waals surface area contributed by atoms with Crippen molar-refractivity contribution in [3.63, 3.8) is 0 Å². The fraction of sp³-hybridized carbons (Fsp3) is 0.300. The minimum absolute atomic E-state index is 0.139. The predicted octanol–water partition coefficient (Wildman–Crippen LogP) is 1.19. The molecule has 0 heterocycles. The number of aliphatic hydroxyl groups is 1. The number of benzene rings is 1. The number of aliphatic hydroxyl groups excluding tert-OH is 1. The summed E-state index contributed by atoms with van der Waals surface area (Å²) in [6, 6.07) is 9.97. The van der Waals surface area contributed by atoms with Crippen LogP contribution in [-0.2, 0) is 0 Å². The first-order chi connectivity index (χ1) is 7.33. The maximum Gasteiger partial charge on any atom is 0.139 e. The van der Waals surface area contributed by atoms with Crippen LogP contribution in [0.1, 0.15) is 0 Å². The summed E-state index contributed by atoms with van der Waals surface area (Å²) >= 11 is 6.65. The van der Waals surface area contributed by atoms with Crippen LogP contribution in [0.25, 0.3) is 0 Å². The first kappa shape index (κ1) is 12.4. The summed E-state index contributed by atoms with van der Waals surface area (Å²) in [7, 11) is 0. The van der Waals surface area contributed by atoms with E-state index in [0.29, 0.717) is 13.2 Å². The standard InChI is InChI=1S/C10H14N2OS2/c13-7-6-11-8-12-10(14)15-9-4-2-1-3-5-9/h1-5,11,13H,6-8H2,(H,12,14). The fourth-order valence-corrected chi connectivity index (χ4v) is 1.95. The van der Waals surface area contributed by atoms with Crippen molar-refractivity contribution in [1.29, 1.82) is 0 Å². The molecule has 0 aliphatic rings. The van der Waals surface area contributed by atoms with Crippen molar-refractivity contribution in [3.05, 3.63) is 30.3 Å². The van der Waals surface area contributed by atoms with Crippen molar-refractivity contribution in [2.75, 3.05) is 19.8 Å². The first-order valence-electron chi connectivity index (χ1n) is 4.65. The number of hydrogen-bond donors (Lipinski definition) is 3. The lowest BCUT2D eigenvalue weighted by molar-refractivity contribution is 0.292. The molecule has 3 N–H and O–H groups in total. The van der Waals surface area contributed by atoms with Gasteiger partial charge in [-0.15, -0.1) is 0 Å². The summed E-state index contributed by atoms with van der Waals surface area (Å²) in [4.78, 5) is 1.12. The quantitative estimate of drug-likeness (QED) is 0.313. The average Bonchev–Trinajstić information content (AvgIpc) is 2.26. The Labute approximate surface area is 99.3 Å². The van der Waals surface area contributed by atoms with E-state index in [1.54, 1.807) is 0 Å². The SMILES string of the molecule is OCCNCNC(=S)Sc1ccccc1. The summed E-state index contributed by atoms with van der Waals surface area (Å²) in [6.45, 7) is 1.30. The van der Waals surface area contributed by atoms with Crippen LogP contribution in [0.2, 0.25) is 0 Å². The molecule has 0 aliphatic heterocycles. The van der Waals surface area contributed by atoms with Gasteiger partial charge in [0.25, 0.3) is 0 Å². The molecule has 0 spiro atoms. The van der Waals surface area contributed by atoms with Gasteiger partial charge in [0.2, 0.25) is 0 Å². The van der Waals surface area contributed by atoms with Crippen LogP contribution < -0.4 is 10.6 Å². The molecule has 1 aromatic carbocycles. The number of hydrogen-bond acceptors (Lipinski definition) is 4. The van der Waals surface area contributed by atoms with Crippen LogP contribution in [0.5, 0.6) is 0 Å². The summed E-state index contributed by atoms with van der Waals surface area (Å²) in [5.41, 5.74) is 0. The highest BCUT2D eigenvalue weighted by molar-refractivity contribution is 8.23. The zero-order valence-corrected chi connectivity index (χ0v) is 9.90. The molecule has 15 heavy (non-hydrogen) atoms. The van der Waals surface area contributed by atoms with Crippen LogP contribution in [0.4, 0.5) is 0 Å². The van der Waals surface area contributed by atoms with Crippen molar-refractivity contribution in [1.82, 2.24) is 10.6 Å². The van der Waals surface area contributed by atoms with E-state index in [1.807, 2.05) is 30.3 Å². The molecule has 0 radical (unpaired) electrons. The Hall–Kier alpha value is -0.620. The molecule has 0 amide bonds. The number of thioether (sulfide) groups is 1. The smallest absolute Gasteiger partial charge is 0.139 e. The minimum atomic E-state index is 0.139. The second-order valence-corrected chi connectivity index (χ2v) is 4.53. The molecule has 1 aromatic rings. The Bertz CT molecular complexity index is 293. The Morgan fingerprint density at radius 2 is 2.07 bits per heavy atom. The second-order valence-electron chi connectivity index (χ2n) is 2.78. The summed E-state index contributed by atoms with van der Waals surface area (Å²) in [5.74, 6) is 0. The highest BCUT2D eigenvalue weighted by atomic mass is 32.2. The van der Waals surface area contributed by atoms with Crippen molar-refractivity contribution >= 4 is 28.3 Å². The summed E-state index contributed by atoms with van der Waals surface area (Å²) in [6.07, 6.45) is 0. The molecule has 5 heteroatoms. The van der Waals surface area contributed by atoms with E-state index in [-0.39, 0.29) is 6.61 Å². The van der Waals surface area contributed by atoms with Crippen molar-refractivity contribution in [2.24, 2.45) is 0 Å². The number of thiocarbonyl (C=S) groups is 1. The minimum Gasteiger partial charge on any atom is -0.395 e. The zero-order chi connectivity index (χ0) is 10.9. The van der Waals surface area contributed by atoms with Gasteiger partial charge in [-0.3, -0.25) is 5.32 Å². The average molecular weight is 242 g/mol. The molecule has 0 fully saturated rings. The molecule has 0 aliphatic carbocycles. The van der Waals surface area contributed by atoms with Crippen LogP contribution in [0.3, 0.4) is 0 Å². The molecule has 0 atom stereocenters. The molecule has 0 aromatic heterocycles. The number of rotatable bonds is 5. The Kier molecular flexibility index (Phi) is 6.34. The molecule has 0 bridgehead atoms. The van der Waals surface area contributed by atoms with E-state index in [9.17, 15) is 0 Å². The zero-order valence-electron chi connectivity index (χ0n) is 8.27. The Morgan fingerprint density at radius 3 is 2.73 bits per heavy atom. The van der Waals surface area contributed by atoms with Crippen LogP contribution in [0, 0.1) is 0 Å². The highest BCUT2D eigenvalue weighted by Gasteiger charge is 1.97. The molecule has 0 saturated heterocycles. The third-order valence-corrected chi connectivity index (χ3v) is 2.83. The third kappa shape index (κ3) is 5.74. The molecule has 3 nitrogen and oxygen atoms in total. The van der Waals surface area contributed by atoms with Crippen LogP contribution in [0.15, 0.2) is 35.2 Å². The first-order valence-corrected chi connectivity index (χ1v) is 5.87. The van der Waals surface area contributed by atoms with E-state index in [1.165, 1.54) is 11.8 Å². The normalized spacial score (nSPS) is 9.93. The van der Waals surface area contributed by atoms with Crippen LogP contribution >= 0.6 is 24.0 Å². The van der Waals surface area contributed by atoms with E-state index in [2.05, 4.69) is 10.6 Å². The lowest BCUT2D eigenvalue weighted by atomic mass is 10.4. The summed E-state index contributed by atoms with van der Waals surface area (Å²) < 4.78 is 0.728. The van der Waals surface area contributed by atoms with Gasteiger partial charge in [-0.2, -0.15) is 0 Å². The molecule has 0 saturated carbocycles. The van der Waals surface area contributed by atoms with Gasteiger partial charge in [0, 0.05) is 11.4 Å². The van der Waals surface area contributed by atoms with E-state index < -0.39 is 0 Å². The van der Waals surface area contributed by atoms with Crippen molar-refractivity contribution in [3.8, 4) is 0 Å². The third-order valence-electron chi connectivity index (χ3n) is 1.60. The molecular formula is C10H14N2OS2. The van der Waals surface area contributed by atoms with Gasteiger partial charge in [-0.1, -0.05) is 42.2 Å². The van der Waals surface area contributed by atoms with Gasteiger partial charge >= 0.3 is 0 Å². The maximum atomic E-state index is 8.54. The highest BCUT2D eigenvalue weighted by Crippen LogP contribution is 2.17. The maximum absolute atomic E-state index is 8.54. The van der Waals surface area contributed by atoms with E-state index in [0.717, 1.165) is 9.22 Å². The topological polar surface area (TPSA) is 44.3 Å². The van der Waals surface area contributed by atoms with Gasteiger partial charge in [0.05, 0.1) is 13.3 Å². The monoisotopic (exact) mass is 242 g/mol. The van der Waals surface area contributed by atoms with Crippen molar-refractivity contribution < 1.29 is 5.11 Å². The van der Waals surface area contributed by atoms with E-state index in [4.69, 9.17) is 17.3 Å². The fourth-order valence-electron chi connectivity index (χ4n) is 0.934. The lowest BCUT2D eigenvalue weighted by Crippen LogP contribution is -2.32. The van der Waals surface area contributed by atoms with Crippen molar-refractivity contribution in [2.45, 2.75) is 4.90 Å². The Morgan fingerprint density at radius 1 is 1.33 bits per heavy atom. The van der Waals surface area contributed by atoms with Gasteiger partial charge in [0.15, 0.2) is 0 Å². The largest absolute Gasteiger partial charge is 0.395 e.